The largest absolute Gasteiger partial charge is 0.370 e. The third-order valence-electron chi connectivity index (χ3n) is 3.36. The van der Waals surface area contributed by atoms with Crippen LogP contribution in [0.15, 0.2) is 6.07 Å². The van der Waals surface area contributed by atoms with E-state index in [-0.39, 0.29) is 5.91 Å². The van der Waals surface area contributed by atoms with Crippen LogP contribution in [0, 0.1) is 6.92 Å². The third-order valence-corrected chi connectivity index (χ3v) is 3.36. The molecule has 2 heterocycles. The van der Waals surface area contributed by atoms with E-state index in [0.717, 1.165) is 19.4 Å². The fourth-order valence-corrected chi connectivity index (χ4v) is 2.21. The van der Waals surface area contributed by atoms with Gasteiger partial charge in [0, 0.05) is 38.8 Å². The van der Waals surface area contributed by atoms with Crippen molar-refractivity contribution in [2.75, 3.05) is 38.0 Å². The summed E-state index contributed by atoms with van der Waals surface area (Å²) < 4.78 is 0. The summed E-state index contributed by atoms with van der Waals surface area (Å²) in [6, 6.07) is 1.69. The van der Waals surface area contributed by atoms with Crippen molar-refractivity contribution in [3.8, 4) is 0 Å². The molecule has 21 heavy (non-hydrogen) atoms. The maximum absolute atomic E-state index is 12.5. The van der Waals surface area contributed by atoms with Crippen LogP contribution in [0.4, 0.5) is 5.82 Å². The molecular formula is C14H21N5O2. The van der Waals surface area contributed by atoms with E-state index >= 15 is 0 Å². The Morgan fingerprint density at radius 3 is 2.67 bits per heavy atom. The van der Waals surface area contributed by atoms with Gasteiger partial charge in [-0.05, 0) is 13.3 Å². The molecule has 1 aromatic heterocycles. The van der Waals surface area contributed by atoms with Crippen LogP contribution in [0.3, 0.4) is 0 Å². The highest BCUT2D eigenvalue weighted by atomic mass is 16.2. The number of anilines is 1. The number of nitrogens with one attached hydrogen (secondary N) is 1. The smallest absolute Gasteiger partial charge is 0.272 e. The minimum absolute atomic E-state index is 0.106. The molecular weight excluding hydrogens is 270 g/mol. The van der Waals surface area contributed by atoms with Crippen LogP contribution in [0.1, 0.15) is 29.7 Å². The number of amides is 2. The van der Waals surface area contributed by atoms with Crippen molar-refractivity contribution in [3.63, 3.8) is 0 Å². The molecule has 1 aliphatic heterocycles. The molecule has 0 unspecified atom stereocenters. The molecule has 114 valence electrons. The number of nitrogens with zero attached hydrogens (tertiary/aromatic N) is 4. The summed E-state index contributed by atoms with van der Waals surface area (Å²) in [4.78, 5) is 35.1. The second kappa shape index (κ2) is 7.01. The third kappa shape index (κ3) is 3.90. The molecule has 7 heteroatoms. The fraction of sp³-hybridized carbons (Fsp3) is 0.571. The molecule has 0 atom stereocenters. The Kier molecular flexibility index (Phi) is 5.08. The van der Waals surface area contributed by atoms with Crippen molar-refractivity contribution < 1.29 is 9.59 Å². The Balaban J connectivity index is 2.08. The van der Waals surface area contributed by atoms with E-state index in [4.69, 9.17) is 0 Å². The van der Waals surface area contributed by atoms with Crippen molar-refractivity contribution in [2.45, 2.75) is 20.3 Å². The van der Waals surface area contributed by atoms with Gasteiger partial charge in [-0.1, -0.05) is 6.92 Å². The van der Waals surface area contributed by atoms with Crippen LogP contribution in [0.5, 0.6) is 0 Å². The molecule has 1 aromatic rings. The molecule has 0 aromatic carbocycles. The maximum Gasteiger partial charge on any atom is 0.272 e. The number of hydrogen-bond donors (Lipinski definition) is 1. The van der Waals surface area contributed by atoms with Crippen molar-refractivity contribution in [1.82, 2.24) is 19.8 Å². The Morgan fingerprint density at radius 1 is 1.33 bits per heavy atom. The van der Waals surface area contributed by atoms with Gasteiger partial charge in [0.05, 0.1) is 0 Å². The van der Waals surface area contributed by atoms with Gasteiger partial charge in [-0.2, -0.15) is 0 Å². The Bertz CT molecular complexity index is 512. The number of piperazine rings is 1. The standard InChI is InChI=1S/C14H21N5O2/c1-3-4-15-13-9-12(16-11(2)17-13)14(21)19-7-5-18(10-20)6-8-19/h9-10H,3-8H2,1-2H3,(H,15,16,17). The van der Waals surface area contributed by atoms with Crippen LogP contribution < -0.4 is 5.32 Å². The van der Waals surface area contributed by atoms with E-state index in [1.807, 2.05) is 0 Å². The number of rotatable bonds is 5. The fourth-order valence-electron chi connectivity index (χ4n) is 2.21. The zero-order valence-corrected chi connectivity index (χ0v) is 12.5. The maximum atomic E-state index is 12.5. The summed E-state index contributed by atoms with van der Waals surface area (Å²) in [5.41, 5.74) is 0.403. The zero-order valence-electron chi connectivity index (χ0n) is 12.5. The molecule has 7 nitrogen and oxygen atoms in total. The first kappa shape index (κ1) is 15.2. The van der Waals surface area contributed by atoms with Crippen LogP contribution in [0.2, 0.25) is 0 Å². The van der Waals surface area contributed by atoms with Crippen LogP contribution >= 0.6 is 0 Å². The summed E-state index contributed by atoms with van der Waals surface area (Å²) in [5, 5.41) is 3.17. The molecule has 1 N–H and O–H groups in total. The molecule has 0 bridgehead atoms. The lowest BCUT2D eigenvalue weighted by molar-refractivity contribution is -0.119. The van der Waals surface area contributed by atoms with Gasteiger partial charge < -0.3 is 15.1 Å². The first-order valence-corrected chi connectivity index (χ1v) is 7.22. The summed E-state index contributed by atoms with van der Waals surface area (Å²) in [7, 11) is 0. The van der Waals surface area contributed by atoms with Gasteiger partial charge in [0.1, 0.15) is 17.3 Å². The highest BCUT2D eigenvalue weighted by molar-refractivity contribution is 5.93. The van der Waals surface area contributed by atoms with E-state index in [2.05, 4.69) is 22.2 Å². The first-order valence-electron chi connectivity index (χ1n) is 7.22. The Morgan fingerprint density at radius 2 is 2.05 bits per heavy atom. The van der Waals surface area contributed by atoms with Crippen molar-refractivity contribution in [1.29, 1.82) is 0 Å². The highest BCUT2D eigenvalue weighted by Gasteiger charge is 2.22. The van der Waals surface area contributed by atoms with Gasteiger partial charge in [0.2, 0.25) is 6.41 Å². The van der Waals surface area contributed by atoms with E-state index in [1.165, 1.54) is 0 Å². The van der Waals surface area contributed by atoms with E-state index < -0.39 is 0 Å². The van der Waals surface area contributed by atoms with Gasteiger partial charge in [-0.15, -0.1) is 0 Å². The minimum atomic E-state index is -0.106. The molecule has 0 radical (unpaired) electrons. The van der Waals surface area contributed by atoms with Gasteiger partial charge in [-0.3, -0.25) is 9.59 Å². The summed E-state index contributed by atoms with van der Waals surface area (Å²) >= 11 is 0. The SMILES string of the molecule is CCCNc1cc(C(=O)N2CCN(C=O)CC2)nc(C)n1. The van der Waals surface area contributed by atoms with Crippen LogP contribution in [-0.4, -0.2) is 64.8 Å². The second-order valence-corrected chi connectivity index (χ2v) is 5.05. The number of aromatic nitrogens is 2. The summed E-state index contributed by atoms with van der Waals surface area (Å²) in [6.45, 7) is 6.87. The minimum Gasteiger partial charge on any atom is -0.370 e. The predicted octanol–water partition coefficient (Wildman–Crippen LogP) is 0.521. The quantitative estimate of drug-likeness (QED) is 0.800. The lowest BCUT2D eigenvalue weighted by Gasteiger charge is -2.32. The first-order chi connectivity index (χ1) is 10.1. The summed E-state index contributed by atoms with van der Waals surface area (Å²) in [5.74, 6) is 1.15. The lowest BCUT2D eigenvalue weighted by atomic mass is 10.2. The van der Waals surface area contributed by atoms with Crippen LogP contribution in [-0.2, 0) is 4.79 Å². The molecule has 0 spiro atoms. The lowest BCUT2D eigenvalue weighted by Crippen LogP contribution is -2.48. The van der Waals surface area contributed by atoms with E-state index in [9.17, 15) is 9.59 Å². The molecule has 0 aliphatic carbocycles. The number of carbonyl (C=O) groups is 2. The molecule has 0 saturated carbocycles. The molecule has 1 aliphatic rings. The monoisotopic (exact) mass is 291 g/mol. The van der Waals surface area contributed by atoms with Crippen LogP contribution in [0.25, 0.3) is 0 Å². The predicted molar refractivity (Wildman–Crippen MR) is 79.1 cm³/mol. The average Bonchev–Trinajstić information content (AvgIpc) is 2.51. The molecule has 2 rings (SSSR count). The topological polar surface area (TPSA) is 78.4 Å². The molecule has 1 fully saturated rings. The molecule has 1 saturated heterocycles. The normalized spacial score (nSPS) is 15.0. The van der Waals surface area contributed by atoms with E-state index in [1.54, 1.807) is 22.8 Å². The summed E-state index contributed by atoms with van der Waals surface area (Å²) in [6.07, 6.45) is 1.81. The number of aryl methyl sites for hydroxylation is 1. The number of carbonyl (C=O) groups excluding carboxylic acids is 2. The Labute approximate surface area is 124 Å². The second-order valence-electron chi connectivity index (χ2n) is 5.05. The zero-order chi connectivity index (χ0) is 15.2. The Hall–Kier alpha value is -2.18. The average molecular weight is 291 g/mol. The molecule has 2 amide bonds. The van der Waals surface area contributed by atoms with Gasteiger partial charge in [0.25, 0.3) is 5.91 Å². The van der Waals surface area contributed by atoms with Gasteiger partial charge in [-0.25, -0.2) is 9.97 Å². The van der Waals surface area contributed by atoms with Gasteiger partial charge in [0.15, 0.2) is 0 Å². The van der Waals surface area contributed by atoms with Crippen molar-refractivity contribution in [2.24, 2.45) is 0 Å². The van der Waals surface area contributed by atoms with Crippen molar-refractivity contribution >= 4 is 18.1 Å². The van der Waals surface area contributed by atoms with E-state index in [0.29, 0.717) is 43.5 Å². The van der Waals surface area contributed by atoms with Crippen molar-refractivity contribution in [3.05, 3.63) is 17.6 Å². The highest BCUT2D eigenvalue weighted by Crippen LogP contribution is 2.11. The van der Waals surface area contributed by atoms with Gasteiger partial charge >= 0.3 is 0 Å². The number of hydrogen-bond acceptors (Lipinski definition) is 5.